The lowest BCUT2D eigenvalue weighted by molar-refractivity contribution is 1.29. The van der Waals surface area contributed by atoms with Crippen molar-refractivity contribution in [2.24, 2.45) is 0 Å². The molecule has 0 bridgehead atoms. The molecule has 0 radical (unpaired) electrons. The van der Waals surface area contributed by atoms with Crippen LogP contribution >= 0.6 is 0 Å². The van der Waals surface area contributed by atoms with Gasteiger partial charge in [0, 0.05) is 7.05 Å². The highest BCUT2D eigenvalue weighted by atomic mass is 15.0. The second-order valence-corrected chi connectivity index (χ2v) is 1.70. The minimum absolute atomic E-state index is 0.543. The van der Waals surface area contributed by atoms with E-state index in [0.29, 0.717) is 5.82 Å². The van der Waals surface area contributed by atoms with Gasteiger partial charge in [-0.3, -0.25) is 0 Å². The molecule has 1 rings (SSSR count). The van der Waals surface area contributed by atoms with E-state index in [1.165, 1.54) is 0 Å². The summed E-state index contributed by atoms with van der Waals surface area (Å²) in [4.78, 5) is 3.96. The van der Waals surface area contributed by atoms with Crippen molar-refractivity contribution in [3.8, 4) is 0 Å². The molecule has 3 heteroatoms. The van der Waals surface area contributed by atoms with Crippen molar-refractivity contribution in [1.82, 2.24) is 4.98 Å². The third kappa shape index (κ3) is 1.32. The van der Waals surface area contributed by atoms with Gasteiger partial charge in [0.1, 0.15) is 11.6 Å². The maximum atomic E-state index is 5.38. The molecule has 3 N–H and O–H groups in total. The zero-order valence-corrected chi connectivity index (χ0v) is 5.26. The van der Waals surface area contributed by atoms with Crippen molar-refractivity contribution in [3.63, 3.8) is 0 Å². The second kappa shape index (κ2) is 2.35. The van der Waals surface area contributed by atoms with E-state index in [-0.39, 0.29) is 0 Å². The Morgan fingerprint density at radius 1 is 1.56 bits per heavy atom. The van der Waals surface area contributed by atoms with Gasteiger partial charge in [-0.2, -0.15) is 0 Å². The Labute approximate surface area is 53.9 Å². The number of hydrogen-bond acceptors (Lipinski definition) is 3. The van der Waals surface area contributed by atoms with Crippen LogP contribution in [0.2, 0.25) is 0 Å². The summed E-state index contributed by atoms with van der Waals surface area (Å²) in [6, 6.07) is 5.46. The van der Waals surface area contributed by atoms with E-state index in [4.69, 9.17) is 5.73 Å². The average molecular weight is 123 g/mol. The van der Waals surface area contributed by atoms with Gasteiger partial charge in [0.15, 0.2) is 0 Å². The number of aromatic nitrogens is 1. The summed E-state index contributed by atoms with van der Waals surface area (Å²) >= 11 is 0. The molecule has 3 nitrogen and oxygen atoms in total. The molecule has 0 spiro atoms. The molecule has 0 aliphatic rings. The fourth-order valence-corrected chi connectivity index (χ4v) is 0.591. The SMILES string of the molecule is CNc1cccc(N)n1. The Morgan fingerprint density at radius 3 is 2.78 bits per heavy atom. The van der Waals surface area contributed by atoms with Gasteiger partial charge in [0.2, 0.25) is 0 Å². The first kappa shape index (κ1) is 5.88. The molecule has 1 aromatic rings. The van der Waals surface area contributed by atoms with Crippen LogP contribution in [-0.4, -0.2) is 12.0 Å². The smallest absolute Gasteiger partial charge is 0.128 e. The van der Waals surface area contributed by atoms with E-state index in [1.807, 2.05) is 19.2 Å². The highest BCUT2D eigenvalue weighted by Gasteiger charge is 1.86. The predicted molar refractivity (Wildman–Crippen MR) is 38.2 cm³/mol. The minimum Gasteiger partial charge on any atom is -0.384 e. The van der Waals surface area contributed by atoms with Crippen molar-refractivity contribution >= 4 is 11.6 Å². The van der Waals surface area contributed by atoms with Gasteiger partial charge in [0.05, 0.1) is 0 Å². The molecular weight excluding hydrogens is 114 g/mol. The Bertz CT molecular complexity index is 197. The standard InChI is InChI=1S/C6H9N3/c1-8-6-4-2-3-5(7)9-6/h2-4H,1H3,(H3,7,8,9). The highest BCUT2D eigenvalue weighted by Crippen LogP contribution is 2.03. The van der Waals surface area contributed by atoms with Crippen molar-refractivity contribution in [2.45, 2.75) is 0 Å². The van der Waals surface area contributed by atoms with Gasteiger partial charge >= 0.3 is 0 Å². The summed E-state index contributed by atoms with van der Waals surface area (Å²) in [5, 5.41) is 2.88. The Morgan fingerprint density at radius 2 is 2.33 bits per heavy atom. The molecule has 48 valence electrons. The van der Waals surface area contributed by atoms with E-state index in [2.05, 4.69) is 10.3 Å². The Kier molecular flexibility index (Phi) is 1.53. The van der Waals surface area contributed by atoms with E-state index in [0.717, 1.165) is 5.82 Å². The number of pyridine rings is 1. The Hall–Kier alpha value is -1.25. The first-order valence-electron chi connectivity index (χ1n) is 2.73. The van der Waals surface area contributed by atoms with Crippen molar-refractivity contribution in [3.05, 3.63) is 18.2 Å². The molecule has 9 heavy (non-hydrogen) atoms. The lowest BCUT2D eigenvalue weighted by atomic mass is 10.4. The highest BCUT2D eigenvalue weighted by molar-refractivity contribution is 5.41. The van der Waals surface area contributed by atoms with Gasteiger partial charge in [-0.15, -0.1) is 0 Å². The van der Waals surface area contributed by atoms with Gasteiger partial charge in [-0.1, -0.05) is 6.07 Å². The topological polar surface area (TPSA) is 50.9 Å². The molecule has 1 aromatic heterocycles. The van der Waals surface area contributed by atoms with Gasteiger partial charge in [-0.05, 0) is 12.1 Å². The number of nitrogen functional groups attached to an aromatic ring is 1. The zero-order chi connectivity index (χ0) is 6.69. The van der Waals surface area contributed by atoms with Crippen molar-refractivity contribution in [2.75, 3.05) is 18.1 Å². The molecule has 0 amide bonds. The van der Waals surface area contributed by atoms with Crippen LogP contribution in [0.25, 0.3) is 0 Å². The van der Waals surface area contributed by atoms with Crippen LogP contribution in [0.4, 0.5) is 11.6 Å². The monoisotopic (exact) mass is 123 g/mol. The maximum Gasteiger partial charge on any atom is 0.128 e. The van der Waals surface area contributed by atoms with Crippen molar-refractivity contribution < 1.29 is 0 Å². The maximum absolute atomic E-state index is 5.38. The summed E-state index contributed by atoms with van der Waals surface area (Å²) in [6.07, 6.45) is 0. The van der Waals surface area contributed by atoms with Crippen LogP contribution in [-0.2, 0) is 0 Å². The molecule has 0 aliphatic carbocycles. The number of hydrogen-bond donors (Lipinski definition) is 2. The lowest BCUT2D eigenvalue weighted by Crippen LogP contribution is -1.94. The van der Waals surface area contributed by atoms with E-state index >= 15 is 0 Å². The van der Waals surface area contributed by atoms with Gasteiger partial charge in [-0.25, -0.2) is 4.98 Å². The minimum atomic E-state index is 0.543. The van der Waals surface area contributed by atoms with E-state index < -0.39 is 0 Å². The normalized spacial score (nSPS) is 9.00. The number of nitrogens with one attached hydrogen (secondary N) is 1. The van der Waals surface area contributed by atoms with Gasteiger partial charge in [0.25, 0.3) is 0 Å². The molecule has 0 aliphatic heterocycles. The van der Waals surface area contributed by atoms with Crippen LogP contribution in [0.15, 0.2) is 18.2 Å². The quantitative estimate of drug-likeness (QED) is 0.578. The molecule has 0 unspecified atom stereocenters. The largest absolute Gasteiger partial charge is 0.384 e. The Balaban J connectivity index is 2.94. The average Bonchev–Trinajstić information content (AvgIpc) is 1.88. The zero-order valence-electron chi connectivity index (χ0n) is 5.26. The lowest BCUT2D eigenvalue weighted by Gasteiger charge is -1.96. The predicted octanol–water partition coefficient (Wildman–Crippen LogP) is 0.706. The second-order valence-electron chi connectivity index (χ2n) is 1.70. The van der Waals surface area contributed by atoms with Crippen LogP contribution in [0.3, 0.4) is 0 Å². The molecule has 0 atom stereocenters. The van der Waals surface area contributed by atoms with Crippen LogP contribution < -0.4 is 11.1 Å². The number of nitrogens with two attached hydrogens (primary N) is 1. The van der Waals surface area contributed by atoms with Crippen LogP contribution in [0, 0.1) is 0 Å². The summed E-state index contributed by atoms with van der Waals surface area (Å²) < 4.78 is 0. The summed E-state index contributed by atoms with van der Waals surface area (Å²) in [5.41, 5.74) is 5.38. The van der Waals surface area contributed by atoms with Crippen LogP contribution in [0.1, 0.15) is 0 Å². The molecule has 0 saturated heterocycles. The van der Waals surface area contributed by atoms with Crippen LogP contribution in [0.5, 0.6) is 0 Å². The molecule has 0 fully saturated rings. The van der Waals surface area contributed by atoms with E-state index in [9.17, 15) is 0 Å². The third-order valence-electron chi connectivity index (χ3n) is 1.03. The fourth-order valence-electron chi connectivity index (χ4n) is 0.591. The number of rotatable bonds is 1. The molecule has 0 aromatic carbocycles. The third-order valence-corrected chi connectivity index (χ3v) is 1.03. The molecular formula is C6H9N3. The first-order chi connectivity index (χ1) is 4.33. The number of nitrogens with zero attached hydrogens (tertiary/aromatic N) is 1. The summed E-state index contributed by atoms with van der Waals surface area (Å²) in [7, 11) is 1.81. The molecule has 0 saturated carbocycles. The fraction of sp³-hybridized carbons (Fsp3) is 0.167. The number of anilines is 2. The first-order valence-corrected chi connectivity index (χ1v) is 2.73. The van der Waals surface area contributed by atoms with Crippen molar-refractivity contribution in [1.29, 1.82) is 0 Å². The summed E-state index contributed by atoms with van der Waals surface area (Å²) in [5.74, 6) is 1.34. The van der Waals surface area contributed by atoms with Gasteiger partial charge < -0.3 is 11.1 Å². The summed E-state index contributed by atoms with van der Waals surface area (Å²) in [6.45, 7) is 0. The van der Waals surface area contributed by atoms with E-state index in [1.54, 1.807) is 6.07 Å². The molecule has 1 heterocycles.